The molecule has 3 aliphatic rings. The Bertz CT molecular complexity index is 874. The predicted molar refractivity (Wildman–Crippen MR) is 114 cm³/mol. The summed E-state index contributed by atoms with van der Waals surface area (Å²) in [6.07, 6.45) is 7.41. The van der Waals surface area contributed by atoms with Gasteiger partial charge in [-0.25, -0.2) is 4.79 Å². The van der Waals surface area contributed by atoms with Gasteiger partial charge in [0, 0.05) is 44.6 Å². The zero-order valence-electron chi connectivity index (χ0n) is 17.9. The Morgan fingerprint density at radius 2 is 2.07 bits per heavy atom. The molecule has 6 heteroatoms. The summed E-state index contributed by atoms with van der Waals surface area (Å²) >= 11 is 0. The highest BCUT2D eigenvalue weighted by atomic mass is 16.4. The molecule has 1 heterocycles. The number of amides is 1. The molecule has 1 saturated heterocycles. The molecule has 1 amide bonds. The van der Waals surface area contributed by atoms with Crippen molar-refractivity contribution in [3.8, 4) is 5.75 Å². The second-order valence-corrected chi connectivity index (χ2v) is 9.41. The van der Waals surface area contributed by atoms with E-state index < -0.39 is 11.4 Å². The van der Waals surface area contributed by atoms with E-state index in [-0.39, 0.29) is 17.7 Å². The predicted octanol–water partition coefficient (Wildman–Crippen LogP) is 2.94. The summed E-state index contributed by atoms with van der Waals surface area (Å²) in [5.41, 5.74) is 2.77. The fraction of sp³-hybridized carbons (Fsp3) is 0.583. The van der Waals surface area contributed by atoms with Crippen LogP contribution in [0.15, 0.2) is 29.8 Å². The number of benzene rings is 1. The smallest absolute Gasteiger partial charge is 0.328 e. The largest absolute Gasteiger partial charge is 0.508 e. The van der Waals surface area contributed by atoms with Gasteiger partial charge in [0.2, 0.25) is 5.91 Å². The van der Waals surface area contributed by atoms with Crippen molar-refractivity contribution in [2.24, 2.45) is 5.92 Å². The monoisotopic (exact) mass is 412 g/mol. The first-order chi connectivity index (χ1) is 14.3. The van der Waals surface area contributed by atoms with Gasteiger partial charge in [0.05, 0.1) is 0 Å². The molecule has 2 N–H and O–H groups in total. The number of carboxylic acid groups (broad SMARTS) is 1. The molecule has 2 bridgehead atoms. The normalized spacial score (nSPS) is 27.0. The molecule has 0 unspecified atom stereocenters. The number of fused-ring (bicyclic) bond motifs is 4. The van der Waals surface area contributed by atoms with E-state index in [1.165, 1.54) is 24.5 Å². The van der Waals surface area contributed by atoms with Crippen LogP contribution in [0.2, 0.25) is 0 Å². The molecule has 1 aliphatic heterocycles. The maximum atomic E-state index is 12.2. The van der Waals surface area contributed by atoms with Crippen molar-refractivity contribution >= 4 is 11.9 Å². The second-order valence-electron chi connectivity index (χ2n) is 9.41. The maximum Gasteiger partial charge on any atom is 0.328 e. The molecular weight excluding hydrogens is 380 g/mol. The molecule has 4 rings (SSSR count). The third kappa shape index (κ3) is 3.97. The van der Waals surface area contributed by atoms with Gasteiger partial charge in [-0.1, -0.05) is 6.07 Å². The van der Waals surface area contributed by atoms with Crippen LogP contribution in [-0.4, -0.2) is 65.1 Å². The highest BCUT2D eigenvalue weighted by Gasteiger charge is 2.50. The van der Waals surface area contributed by atoms with Crippen LogP contribution < -0.4 is 0 Å². The van der Waals surface area contributed by atoms with Gasteiger partial charge < -0.3 is 15.1 Å². The summed E-state index contributed by atoms with van der Waals surface area (Å²) < 4.78 is 0. The minimum absolute atomic E-state index is 0.0806. The minimum Gasteiger partial charge on any atom is -0.508 e. The van der Waals surface area contributed by atoms with Crippen molar-refractivity contribution < 1.29 is 19.8 Å². The Morgan fingerprint density at radius 1 is 1.30 bits per heavy atom. The van der Waals surface area contributed by atoms with E-state index in [2.05, 4.69) is 4.90 Å². The van der Waals surface area contributed by atoms with E-state index in [1.54, 1.807) is 25.1 Å². The molecule has 30 heavy (non-hydrogen) atoms. The second kappa shape index (κ2) is 8.06. The topological polar surface area (TPSA) is 81.1 Å². The first-order valence-corrected chi connectivity index (χ1v) is 11.0. The van der Waals surface area contributed by atoms with Crippen LogP contribution >= 0.6 is 0 Å². The van der Waals surface area contributed by atoms with E-state index in [0.29, 0.717) is 12.8 Å². The third-order valence-corrected chi connectivity index (χ3v) is 7.16. The van der Waals surface area contributed by atoms with E-state index in [0.717, 1.165) is 49.4 Å². The summed E-state index contributed by atoms with van der Waals surface area (Å²) in [5, 5.41) is 19.9. The Hall–Kier alpha value is -2.34. The van der Waals surface area contributed by atoms with Crippen LogP contribution in [-0.2, 0) is 21.4 Å². The molecule has 0 spiro atoms. The fourth-order valence-corrected chi connectivity index (χ4v) is 5.46. The summed E-state index contributed by atoms with van der Waals surface area (Å²) in [6, 6.07) is 5.63. The summed E-state index contributed by atoms with van der Waals surface area (Å²) in [6.45, 7) is 1.96. The zero-order valence-corrected chi connectivity index (χ0v) is 17.9. The molecule has 2 atom stereocenters. The standard InChI is InChI=1S/C24H32N2O4/c1-25(2)22(28)4-3-9-24-10-11-26(15-16-5-6-16)21(20(24)14-23(29)30)12-17-7-8-18(27)13-19(17)24/h7-8,13-14,16,21,27H,3-6,9-12,15H2,1-2H3,(H,29,30)/b20-14+/t21-,24+/m1/s1. The van der Waals surface area contributed by atoms with Crippen molar-refractivity contribution in [1.82, 2.24) is 9.80 Å². The third-order valence-electron chi connectivity index (χ3n) is 7.16. The number of carbonyl (C=O) groups is 2. The molecule has 6 nitrogen and oxygen atoms in total. The lowest BCUT2D eigenvalue weighted by molar-refractivity contribution is -0.132. The van der Waals surface area contributed by atoms with Crippen molar-refractivity contribution in [1.29, 1.82) is 0 Å². The van der Waals surface area contributed by atoms with Crippen LogP contribution in [0.3, 0.4) is 0 Å². The number of carbonyl (C=O) groups excluding carboxylic acids is 1. The van der Waals surface area contributed by atoms with Gasteiger partial charge in [-0.3, -0.25) is 9.69 Å². The van der Waals surface area contributed by atoms with Crippen LogP contribution in [0.1, 0.15) is 49.7 Å². The van der Waals surface area contributed by atoms with Crippen LogP contribution in [0.25, 0.3) is 0 Å². The molecule has 2 aliphatic carbocycles. The number of carboxylic acids is 1. The maximum absolute atomic E-state index is 12.2. The van der Waals surface area contributed by atoms with Gasteiger partial charge in [0.15, 0.2) is 0 Å². The van der Waals surface area contributed by atoms with Crippen LogP contribution in [0.4, 0.5) is 0 Å². The molecule has 162 valence electrons. The highest BCUT2D eigenvalue weighted by molar-refractivity contribution is 5.82. The first kappa shape index (κ1) is 20.9. The average molecular weight is 413 g/mol. The number of hydrogen-bond acceptors (Lipinski definition) is 4. The first-order valence-electron chi connectivity index (χ1n) is 11.0. The lowest BCUT2D eigenvalue weighted by atomic mass is 9.58. The molecule has 0 aromatic heterocycles. The quantitative estimate of drug-likeness (QED) is 0.673. The van der Waals surface area contributed by atoms with E-state index >= 15 is 0 Å². The van der Waals surface area contributed by atoms with Gasteiger partial charge in [-0.15, -0.1) is 0 Å². The van der Waals surface area contributed by atoms with Crippen LogP contribution in [0.5, 0.6) is 5.75 Å². The van der Waals surface area contributed by atoms with Gasteiger partial charge >= 0.3 is 5.97 Å². The number of nitrogens with zero attached hydrogens (tertiary/aromatic N) is 2. The van der Waals surface area contributed by atoms with E-state index in [1.807, 2.05) is 12.1 Å². The minimum atomic E-state index is -0.916. The lowest BCUT2D eigenvalue weighted by Gasteiger charge is -2.53. The van der Waals surface area contributed by atoms with Gasteiger partial charge in [-0.2, -0.15) is 0 Å². The number of aliphatic carboxylic acids is 1. The SMILES string of the molecule is CN(C)C(=O)CCC[C@]12CCN(CC3CC3)[C@H](Cc3ccc(O)cc31)/C2=C\C(=O)O. The molecule has 1 aromatic rings. The molecule has 1 saturated carbocycles. The lowest BCUT2D eigenvalue weighted by Crippen LogP contribution is -2.55. The van der Waals surface area contributed by atoms with E-state index in [4.69, 9.17) is 0 Å². The average Bonchev–Trinajstić information content (AvgIpc) is 3.49. The zero-order chi connectivity index (χ0) is 21.5. The molecular formula is C24H32N2O4. The van der Waals surface area contributed by atoms with Crippen molar-refractivity contribution in [2.45, 2.75) is 56.4 Å². The molecule has 1 aromatic carbocycles. The number of likely N-dealkylation sites (tertiary alicyclic amines) is 1. The van der Waals surface area contributed by atoms with Crippen molar-refractivity contribution in [2.75, 3.05) is 27.2 Å². The fourth-order valence-electron chi connectivity index (χ4n) is 5.46. The number of piperidine rings is 1. The van der Waals surface area contributed by atoms with E-state index in [9.17, 15) is 19.8 Å². The number of hydrogen-bond donors (Lipinski definition) is 2. The highest BCUT2D eigenvalue weighted by Crippen LogP contribution is 2.52. The number of aromatic hydroxyl groups is 1. The molecule has 0 radical (unpaired) electrons. The van der Waals surface area contributed by atoms with Gasteiger partial charge in [0.1, 0.15) is 5.75 Å². The van der Waals surface area contributed by atoms with Crippen LogP contribution in [0, 0.1) is 5.92 Å². The summed E-state index contributed by atoms with van der Waals surface area (Å²) in [5.74, 6) is 0.124. The van der Waals surface area contributed by atoms with Crippen molar-refractivity contribution in [3.63, 3.8) is 0 Å². The Labute approximate surface area is 178 Å². The summed E-state index contributed by atoms with van der Waals surface area (Å²) in [4.78, 5) is 28.1. The van der Waals surface area contributed by atoms with Crippen molar-refractivity contribution in [3.05, 3.63) is 41.0 Å². The Morgan fingerprint density at radius 3 is 2.73 bits per heavy atom. The number of phenols is 1. The Kier molecular flexibility index (Phi) is 5.62. The number of rotatable bonds is 7. The number of phenolic OH excluding ortho intramolecular Hbond substituents is 1. The van der Waals surface area contributed by atoms with Gasteiger partial charge in [-0.05, 0) is 79.8 Å². The van der Waals surface area contributed by atoms with Gasteiger partial charge in [0.25, 0.3) is 0 Å². The summed E-state index contributed by atoms with van der Waals surface area (Å²) in [7, 11) is 3.52. The molecule has 2 fully saturated rings. The Balaban J connectivity index is 1.73.